The van der Waals surface area contributed by atoms with Gasteiger partial charge in [0.1, 0.15) is 5.75 Å². The zero-order valence-electron chi connectivity index (χ0n) is 18.7. The van der Waals surface area contributed by atoms with E-state index in [-0.39, 0.29) is 10.5 Å². The fourth-order valence-electron chi connectivity index (χ4n) is 3.00. The maximum Gasteiger partial charge on any atom is 0.339 e. The van der Waals surface area contributed by atoms with E-state index in [0.29, 0.717) is 22.0 Å². The van der Waals surface area contributed by atoms with Crippen molar-refractivity contribution in [2.75, 3.05) is 26.5 Å². The Morgan fingerprint density at radius 3 is 2.18 bits per heavy atom. The number of amides is 1. The molecular weight excluding hydrogens is 480 g/mol. The summed E-state index contributed by atoms with van der Waals surface area (Å²) in [6.45, 7) is 0. The van der Waals surface area contributed by atoms with Crippen molar-refractivity contribution in [3.8, 4) is 5.75 Å². The molecule has 0 fully saturated rings. The summed E-state index contributed by atoms with van der Waals surface area (Å²) in [5.74, 6) is -0.927. The second-order valence-corrected chi connectivity index (χ2v) is 9.91. The van der Waals surface area contributed by atoms with Crippen molar-refractivity contribution >= 4 is 39.2 Å². The van der Waals surface area contributed by atoms with Gasteiger partial charge in [-0.2, -0.15) is 0 Å². The highest BCUT2D eigenvalue weighted by molar-refractivity contribution is 7.89. The summed E-state index contributed by atoms with van der Waals surface area (Å²) in [5.41, 5.74) is 0.949. The number of carbonyl (C=O) groups is 2. The number of hydrogen-bond acceptors (Lipinski definition) is 6. The Hall–Kier alpha value is -3.40. The average Bonchev–Trinajstić information content (AvgIpc) is 2.83. The van der Waals surface area contributed by atoms with E-state index in [4.69, 9.17) is 21.1 Å². The highest BCUT2D eigenvalue weighted by Gasteiger charge is 2.26. The van der Waals surface area contributed by atoms with Gasteiger partial charge in [0.25, 0.3) is 5.91 Å². The number of nitrogens with one attached hydrogen (secondary N) is 1. The summed E-state index contributed by atoms with van der Waals surface area (Å²) in [6.07, 6.45) is -1.26. The van der Waals surface area contributed by atoms with Crippen LogP contribution in [0, 0.1) is 0 Å². The maximum atomic E-state index is 13.1. The number of hydrogen-bond donors (Lipinski definition) is 1. The Balaban J connectivity index is 1.83. The van der Waals surface area contributed by atoms with Gasteiger partial charge >= 0.3 is 5.97 Å². The third-order valence-corrected chi connectivity index (χ3v) is 6.98. The van der Waals surface area contributed by atoms with Crippen LogP contribution >= 0.6 is 11.6 Å². The van der Waals surface area contributed by atoms with Gasteiger partial charge in [0.2, 0.25) is 16.1 Å². The van der Waals surface area contributed by atoms with E-state index < -0.39 is 28.0 Å². The lowest BCUT2D eigenvalue weighted by atomic mass is 10.1. The number of esters is 1. The minimum absolute atomic E-state index is 0.0304. The first-order valence-corrected chi connectivity index (χ1v) is 11.9. The SMILES string of the molecule is COc1ccc(NC(=O)[C@H](OC(=O)c2ccc(S(=O)(=O)N(C)C)cc2)c2ccccc2)cc1Cl. The van der Waals surface area contributed by atoms with Crippen molar-refractivity contribution < 1.29 is 27.5 Å². The van der Waals surface area contributed by atoms with Gasteiger partial charge in [-0.25, -0.2) is 17.5 Å². The Labute approximate surface area is 203 Å². The smallest absolute Gasteiger partial charge is 0.339 e. The van der Waals surface area contributed by atoms with Crippen molar-refractivity contribution in [3.63, 3.8) is 0 Å². The van der Waals surface area contributed by atoms with Gasteiger partial charge in [-0.15, -0.1) is 0 Å². The van der Waals surface area contributed by atoms with Crippen molar-refractivity contribution in [3.05, 3.63) is 88.9 Å². The molecular formula is C24H23ClN2O6S. The molecule has 0 spiro atoms. The molecule has 0 bridgehead atoms. The monoisotopic (exact) mass is 502 g/mol. The molecule has 3 aromatic rings. The number of nitrogens with zero attached hydrogens (tertiary/aromatic N) is 1. The summed E-state index contributed by atoms with van der Waals surface area (Å²) in [7, 11) is 0.661. The van der Waals surface area contributed by atoms with Crippen LogP contribution in [0.25, 0.3) is 0 Å². The van der Waals surface area contributed by atoms with E-state index in [1.54, 1.807) is 42.5 Å². The molecule has 0 aliphatic rings. The molecule has 3 rings (SSSR count). The van der Waals surface area contributed by atoms with E-state index in [1.807, 2.05) is 0 Å². The molecule has 34 heavy (non-hydrogen) atoms. The van der Waals surface area contributed by atoms with Crippen LogP contribution in [-0.2, 0) is 19.6 Å². The fraction of sp³-hybridized carbons (Fsp3) is 0.167. The molecule has 3 aromatic carbocycles. The van der Waals surface area contributed by atoms with Crippen molar-refractivity contribution in [2.45, 2.75) is 11.0 Å². The zero-order chi connectivity index (χ0) is 24.9. The predicted molar refractivity (Wildman–Crippen MR) is 129 cm³/mol. The fourth-order valence-corrected chi connectivity index (χ4v) is 4.16. The minimum Gasteiger partial charge on any atom is -0.495 e. The number of anilines is 1. The third kappa shape index (κ3) is 5.74. The maximum absolute atomic E-state index is 13.1. The number of halogens is 1. The van der Waals surface area contributed by atoms with Gasteiger partial charge in [0.05, 0.1) is 22.6 Å². The number of methoxy groups -OCH3 is 1. The van der Waals surface area contributed by atoms with Crippen LogP contribution in [0.1, 0.15) is 22.0 Å². The van der Waals surface area contributed by atoms with Crippen molar-refractivity contribution in [1.29, 1.82) is 0 Å². The normalized spacial score (nSPS) is 12.1. The number of carbonyl (C=O) groups excluding carboxylic acids is 2. The van der Waals surface area contributed by atoms with Gasteiger partial charge < -0.3 is 14.8 Å². The molecule has 0 aliphatic carbocycles. The molecule has 0 radical (unpaired) electrons. The summed E-state index contributed by atoms with van der Waals surface area (Å²) < 4.78 is 36.2. The van der Waals surface area contributed by atoms with Crippen LogP contribution in [0.2, 0.25) is 5.02 Å². The van der Waals surface area contributed by atoms with E-state index in [1.165, 1.54) is 51.5 Å². The first kappa shape index (κ1) is 25.2. The topological polar surface area (TPSA) is 102 Å². The average molecular weight is 503 g/mol. The molecule has 0 saturated heterocycles. The zero-order valence-corrected chi connectivity index (χ0v) is 20.3. The van der Waals surface area contributed by atoms with Gasteiger partial charge in [0, 0.05) is 25.3 Å². The minimum atomic E-state index is -3.64. The molecule has 0 saturated carbocycles. The van der Waals surface area contributed by atoms with E-state index in [0.717, 1.165) is 4.31 Å². The molecule has 178 valence electrons. The van der Waals surface area contributed by atoms with E-state index >= 15 is 0 Å². The lowest BCUT2D eigenvalue weighted by molar-refractivity contribution is -0.125. The quantitative estimate of drug-likeness (QED) is 0.464. The molecule has 8 nitrogen and oxygen atoms in total. The summed E-state index contributed by atoms with van der Waals surface area (Å²) in [6, 6.07) is 18.5. The molecule has 1 amide bonds. The molecule has 0 heterocycles. The first-order valence-electron chi connectivity index (χ1n) is 10.1. The largest absolute Gasteiger partial charge is 0.495 e. The molecule has 10 heteroatoms. The summed E-state index contributed by atoms with van der Waals surface area (Å²) in [5, 5.41) is 3.00. The highest BCUT2D eigenvalue weighted by Crippen LogP contribution is 2.28. The molecule has 0 aromatic heterocycles. The molecule has 0 aliphatic heterocycles. The number of sulfonamides is 1. The second-order valence-electron chi connectivity index (χ2n) is 7.35. The van der Waals surface area contributed by atoms with Crippen molar-refractivity contribution in [2.24, 2.45) is 0 Å². The summed E-state index contributed by atoms with van der Waals surface area (Å²) >= 11 is 6.13. The van der Waals surface area contributed by atoms with E-state index in [9.17, 15) is 18.0 Å². The Bertz CT molecular complexity index is 1280. The Morgan fingerprint density at radius 1 is 0.971 bits per heavy atom. The van der Waals surface area contributed by atoms with Crippen LogP contribution < -0.4 is 10.1 Å². The Kier molecular flexibility index (Phi) is 7.93. The number of benzene rings is 3. The lowest BCUT2D eigenvalue weighted by Crippen LogP contribution is -2.26. The first-order chi connectivity index (χ1) is 16.1. The van der Waals surface area contributed by atoms with Gasteiger partial charge in [-0.1, -0.05) is 41.9 Å². The molecule has 1 atom stereocenters. The molecule has 0 unspecified atom stereocenters. The lowest BCUT2D eigenvalue weighted by Gasteiger charge is -2.19. The van der Waals surface area contributed by atoms with Crippen LogP contribution in [0.5, 0.6) is 5.75 Å². The van der Waals surface area contributed by atoms with Crippen LogP contribution in [0.15, 0.2) is 77.7 Å². The standard InChI is InChI=1S/C24H23ClN2O6S/c1-27(2)34(30,31)19-12-9-17(10-13-19)24(29)33-22(16-7-5-4-6-8-16)23(28)26-18-11-14-21(32-3)20(25)15-18/h4-15,22H,1-3H3,(H,26,28)/t22-/m1/s1. The van der Waals surface area contributed by atoms with Gasteiger partial charge in [0.15, 0.2) is 0 Å². The van der Waals surface area contributed by atoms with Gasteiger partial charge in [-0.3, -0.25) is 4.79 Å². The summed E-state index contributed by atoms with van der Waals surface area (Å²) in [4.78, 5) is 25.9. The van der Waals surface area contributed by atoms with Crippen molar-refractivity contribution in [1.82, 2.24) is 4.31 Å². The van der Waals surface area contributed by atoms with Crippen LogP contribution in [0.4, 0.5) is 5.69 Å². The molecule has 1 N–H and O–H groups in total. The third-order valence-electron chi connectivity index (χ3n) is 4.85. The Morgan fingerprint density at radius 2 is 1.62 bits per heavy atom. The number of ether oxygens (including phenoxy) is 2. The predicted octanol–water partition coefficient (Wildman–Crippen LogP) is 4.14. The highest BCUT2D eigenvalue weighted by atomic mass is 35.5. The number of rotatable bonds is 8. The van der Waals surface area contributed by atoms with E-state index in [2.05, 4.69) is 5.32 Å². The van der Waals surface area contributed by atoms with Gasteiger partial charge in [-0.05, 0) is 42.5 Å². The van der Waals surface area contributed by atoms with Crippen LogP contribution in [-0.4, -0.2) is 45.8 Å². The van der Waals surface area contributed by atoms with Crippen LogP contribution in [0.3, 0.4) is 0 Å². The second kappa shape index (κ2) is 10.7.